The van der Waals surface area contributed by atoms with Gasteiger partial charge in [-0.1, -0.05) is 48.0 Å². The SMILES string of the molecule is COC(=O)CCC1CN(S(=O)(=O)c2cccc(C(F)(F)F)c2)c2cc(C=Cc3c(Cl)cccc3C(C)(F)F)ccc2O1. The average Bonchev–Trinajstić information content (AvgIpc) is 2.93. The number of esters is 1. The van der Waals surface area contributed by atoms with Crippen molar-refractivity contribution in [2.75, 3.05) is 18.0 Å². The van der Waals surface area contributed by atoms with Gasteiger partial charge < -0.3 is 9.47 Å². The van der Waals surface area contributed by atoms with E-state index in [1.807, 2.05) is 0 Å². The van der Waals surface area contributed by atoms with Crippen LogP contribution in [0, 0.1) is 0 Å². The third-order valence-electron chi connectivity index (χ3n) is 6.53. The molecule has 0 aliphatic carbocycles. The zero-order valence-corrected chi connectivity index (χ0v) is 23.9. The van der Waals surface area contributed by atoms with Crippen molar-refractivity contribution in [3.05, 3.63) is 87.9 Å². The van der Waals surface area contributed by atoms with E-state index < -0.39 is 44.7 Å². The molecule has 6 nitrogen and oxygen atoms in total. The number of halogens is 6. The summed E-state index contributed by atoms with van der Waals surface area (Å²) < 4.78 is 107. The Morgan fingerprint density at radius 2 is 1.79 bits per heavy atom. The first-order valence-electron chi connectivity index (χ1n) is 12.5. The minimum Gasteiger partial charge on any atom is -0.486 e. The summed E-state index contributed by atoms with van der Waals surface area (Å²) in [5, 5.41) is 0.0776. The topological polar surface area (TPSA) is 72.9 Å². The molecule has 1 heterocycles. The minimum atomic E-state index is -4.78. The van der Waals surface area contributed by atoms with Gasteiger partial charge in [-0.25, -0.2) is 17.2 Å². The maximum Gasteiger partial charge on any atom is 0.416 e. The van der Waals surface area contributed by atoms with Crippen LogP contribution in [0.15, 0.2) is 65.6 Å². The first-order valence-corrected chi connectivity index (χ1v) is 14.4. The second-order valence-corrected chi connectivity index (χ2v) is 11.8. The van der Waals surface area contributed by atoms with Crippen LogP contribution in [0.4, 0.5) is 27.6 Å². The number of hydrogen-bond donors (Lipinski definition) is 0. The Balaban J connectivity index is 1.77. The van der Waals surface area contributed by atoms with E-state index in [4.69, 9.17) is 16.3 Å². The Hall–Kier alpha value is -3.64. The fourth-order valence-corrected chi connectivity index (χ4v) is 6.20. The van der Waals surface area contributed by atoms with E-state index in [9.17, 15) is 35.2 Å². The monoisotopic (exact) mass is 629 g/mol. The number of rotatable bonds is 8. The Kier molecular flexibility index (Phi) is 8.89. The Bertz CT molecular complexity index is 1620. The van der Waals surface area contributed by atoms with Crippen LogP contribution in [0.2, 0.25) is 5.02 Å². The minimum absolute atomic E-state index is 0.0177. The molecule has 0 saturated carbocycles. The number of carbonyl (C=O) groups is 1. The van der Waals surface area contributed by atoms with Gasteiger partial charge >= 0.3 is 12.1 Å². The van der Waals surface area contributed by atoms with Gasteiger partial charge in [0.1, 0.15) is 11.9 Å². The highest BCUT2D eigenvalue weighted by molar-refractivity contribution is 7.92. The van der Waals surface area contributed by atoms with E-state index in [0.717, 1.165) is 29.4 Å². The van der Waals surface area contributed by atoms with Gasteiger partial charge in [-0.2, -0.15) is 13.2 Å². The van der Waals surface area contributed by atoms with Crippen LogP contribution in [0.25, 0.3) is 12.2 Å². The molecular formula is C29H25ClF5NO5S. The lowest BCUT2D eigenvalue weighted by Gasteiger charge is -2.35. The summed E-state index contributed by atoms with van der Waals surface area (Å²) in [7, 11) is -3.36. The summed E-state index contributed by atoms with van der Waals surface area (Å²) >= 11 is 6.19. The molecule has 0 aromatic heterocycles. The second-order valence-electron chi connectivity index (χ2n) is 9.57. The number of alkyl halides is 5. The predicted molar refractivity (Wildman–Crippen MR) is 148 cm³/mol. The predicted octanol–water partition coefficient (Wildman–Crippen LogP) is 7.55. The van der Waals surface area contributed by atoms with Crippen LogP contribution in [0.3, 0.4) is 0 Å². The Morgan fingerprint density at radius 3 is 2.45 bits per heavy atom. The van der Waals surface area contributed by atoms with Crippen LogP contribution in [0.5, 0.6) is 5.75 Å². The zero-order chi connectivity index (χ0) is 30.9. The number of carbonyl (C=O) groups excluding carboxylic acids is 1. The summed E-state index contributed by atoms with van der Waals surface area (Å²) in [6, 6.07) is 11.9. The number of ether oxygens (including phenoxy) is 2. The number of benzene rings is 3. The van der Waals surface area contributed by atoms with Crippen molar-refractivity contribution in [1.82, 2.24) is 0 Å². The molecule has 224 valence electrons. The average molecular weight is 630 g/mol. The Labute approximate surface area is 244 Å². The molecule has 0 fully saturated rings. The molecule has 3 aromatic carbocycles. The molecule has 0 bridgehead atoms. The summed E-state index contributed by atoms with van der Waals surface area (Å²) in [6.45, 7) is 0.422. The van der Waals surface area contributed by atoms with Crippen molar-refractivity contribution >= 4 is 45.4 Å². The summed E-state index contributed by atoms with van der Waals surface area (Å²) in [5.41, 5.74) is -0.991. The van der Waals surface area contributed by atoms with Gasteiger partial charge in [0.25, 0.3) is 15.9 Å². The molecule has 42 heavy (non-hydrogen) atoms. The van der Waals surface area contributed by atoms with Gasteiger partial charge in [0, 0.05) is 29.5 Å². The Morgan fingerprint density at radius 1 is 1.07 bits per heavy atom. The summed E-state index contributed by atoms with van der Waals surface area (Å²) in [5.74, 6) is -3.64. The van der Waals surface area contributed by atoms with Crippen molar-refractivity contribution in [3.63, 3.8) is 0 Å². The van der Waals surface area contributed by atoms with Crippen LogP contribution >= 0.6 is 11.6 Å². The molecule has 4 rings (SSSR count). The maximum atomic E-state index is 14.2. The zero-order valence-electron chi connectivity index (χ0n) is 22.3. The largest absolute Gasteiger partial charge is 0.486 e. The maximum absolute atomic E-state index is 14.2. The first kappa shape index (κ1) is 31.3. The number of nitrogens with zero attached hydrogens (tertiary/aromatic N) is 1. The molecule has 0 radical (unpaired) electrons. The van der Waals surface area contributed by atoms with Gasteiger partial charge in [-0.05, 0) is 48.4 Å². The molecule has 1 aliphatic rings. The van der Waals surface area contributed by atoms with Crippen molar-refractivity contribution in [1.29, 1.82) is 0 Å². The third kappa shape index (κ3) is 6.87. The van der Waals surface area contributed by atoms with E-state index in [-0.39, 0.29) is 47.0 Å². The number of hydrogen-bond acceptors (Lipinski definition) is 5. The van der Waals surface area contributed by atoms with E-state index in [0.29, 0.717) is 11.6 Å². The normalized spacial score (nSPS) is 15.8. The number of sulfonamides is 1. The van der Waals surface area contributed by atoms with Crippen molar-refractivity contribution < 1.29 is 44.6 Å². The molecular weight excluding hydrogens is 605 g/mol. The molecule has 0 N–H and O–H groups in total. The van der Waals surface area contributed by atoms with Gasteiger partial charge in [-0.3, -0.25) is 9.10 Å². The lowest BCUT2D eigenvalue weighted by molar-refractivity contribution is -0.141. The van der Waals surface area contributed by atoms with E-state index >= 15 is 0 Å². The molecule has 1 unspecified atom stereocenters. The third-order valence-corrected chi connectivity index (χ3v) is 8.64. The lowest BCUT2D eigenvalue weighted by Crippen LogP contribution is -2.43. The molecule has 0 saturated heterocycles. The fraction of sp³-hybridized carbons (Fsp3) is 0.276. The smallest absolute Gasteiger partial charge is 0.416 e. The van der Waals surface area contributed by atoms with Crippen molar-refractivity contribution in [3.8, 4) is 5.75 Å². The van der Waals surface area contributed by atoms with E-state index in [1.165, 1.54) is 49.6 Å². The van der Waals surface area contributed by atoms with E-state index in [2.05, 4.69) is 4.74 Å². The van der Waals surface area contributed by atoms with Crippen LogP contribution in [-0.4, -0.2) is 34.1 Å². The number of fused-ring (bicyclic) bond motifs is 1. The molecule has 0 spiro atoms. The van der Waals surface area contributed by atoms with Crippen LogP contribution in [-0.2, 0) is 31.7 Å². The van der Waals surface area contributed by atoms with Gasteiger partial charge in [0.2, 0.25) is 0 Å². The summed E-state index contributed by atoms with van der Waals surface area (Å²) in [6.07, 6.45) is -2.79. The second kappa shape index (κ2) is 11.9. The van der Waals surface area contributed by atoms with Gasteiger partial charge in [0.15, 0.2) is 0 Å². The molecule has 3 aromatic rings. The first-order chi connectivity index (χ1) is 19.6. The summed E-state index contributed by atoms with van der Waals surface area (Å²) in [4.78, 5) is 11.1. The van der Waals surface area contributed by atoms with E-state index in [1.54, 1.807) is 6.07 Å². The molecule has 1 aliphatic heterocycles. The highest BCUT2D eigenvalue weighted by atomic mass is 35.5. The fourth-order valence-electron chi connectivity index (χ4n) is 4.42. The number of methoxy groups -OCH3 is 1. The highest BCUT2D eigenvalue weighted by Gasteiger charge is 2.37. The van der Waals surface area contributed by atoms with Crippen molar-refractivity contribution in [2.45, 2.75) is 42.9 Å². The highest BCUT2D eigenvalue weighted by Crippen LogP contribution is 2.40. The van der Waals surface area contributed by atoms with Crippen LogP contribution in [0.1, 0.15) is 42.0 Å². The lowest BCUT2D eigenvalue weighted by atomic mass is 10.0. The molecule has 1 atom stereocenters. The molecule has 13 heteroatoms. The van der Waals surface area contributed by atoms with Gasteiger partial charge in [-0.15, -0.1) is 0 Å². The van der Waals surface area contributed by atoms with Crippen LogP contribution < -0.4 is 9.04 Å². The van der Waals surface area contributed by atoms with Crippen molar-refractivity contribution in [2.24, 2.45) is 0 Å². The quantitative estimate of drug-likeness (QED) is 0.146. The molecule has 0 amide bonds. The standard InChI is InChI=1S/C29H25ClF5NO5S/c1-28(31,32)23-7-4-8-24(30)22(23)12-9-18-10-13-26-25(15-18)36(17-20(41-26)11-14-27(37)40-2)42(38,39)21-6-3-5-19(16-21)29(33,34)35/h3-10,12-13,15-16,20H,11,14,17H2,1-2H3. The number of anilines is 1. The van der Waals surface area contributed by atoms with Gasteiger partial charge in [0.05, 0.1) is 29.8 Å².